The van der Waals surface area contributed by atoms with Crippen LogP contribution in [-0.2, 0) is 0 Å². The second-order valence-electron chi connectivity index (χ2n) is 20.5. The quantitative estimate of drug-likeness (QED) is 0.144. The van der Waals surface area contributed by atoms with Crippen molar-refractivity contribution in [1.29, 1.82) is 0 Å². The lowest BCUT2D eigenvalue weighted by molar-refractivity contribution is 1.25. The summed E-state index contributed by atoms with van der Waals surface area (Å²) >= 11 is 0. The van der Waals surface area contributed by atoms with E-state index in [9.17, 15) is 0 Å². The van der Waals surface area contributed by atoms with Gasteiger partial charge in [0.05, 0.1) is 17.6 Å². The molecule has 0 aliphatic heterocycles. The Bertz CT molecular complexity index is 4690. The van der Waals surface area contributed by atoms with Crippen LogP contribution in [0, 0.1) is 0 Å². The minimum Gasteiger partial charge on any atom is -0.310 e. The van der Waals surface area contributed by atoms with Crippen LogP contribution in [0.5, 0.6) is 0 Å². The maximum atomic E-state index is 4.67. The van der Waals surface area contributed by atoms with Crippen LogP contribution in [0.4, 0.5) is 34.1 Å². The number of hydrogen-bond donors (Lipinski definition) is 0. The minimum atomic E-state index is 1.04. The van der Waals surface area contributed by atoms with E-state index in [0.29, 0.717) is 0 Å². The Morgan fingerprint density at radius 2 is 0.679 bits per heavy atom. The number of anilines is 6. The highest BCUT2D eigenvalue weighted by Gasteiger charge is 2.26. The smallest absolute Gasteiger partial charge is 0.0723 e. The Hall–Kier alpha value is -10.4. The molecule has 2 aliphatic carbocycles. The molecule has 0 spiro atoms. The molecule has 4 heteroatoms. The molecule has 2 aliphatic rings. The highest BCUT2D eigenvalue weighted by molar-refractivity contribution is 6.20. The number of hydrogen-bond acceptors (Lipinski definition) is 4. The van der Waals surface area contributed by atoms with Crippen molar-refractivity contribution >= 4 is 77.2 Å². The number of para-hydroxylation sites is 1. The molecule has 0 bridgehead atoms. The first-order valence-corrected chi connectivity index (χ1v) is 26.7. The van der Waals surface area contributed by atoms with Crippen molar-refractivity contribution in [2.24, 2.45) is 0 Å². The van der Waals surface area contributed by atoms with Gasteiger partial charge in [-0.3, -0.25) is 9.97 Å². The number of pyridine rings is 2. The predicted molar refractivity (Wildman–Crippen MR) is 327 cm³/mol. The molecule has 0 saturated carbocycles. The molecule has 4 nitrogen and oxygen atoms in total. The molecule has 16 rings (SSSR count). The van der Waals surface area contributed by atoms with Crippen molar-refractivity contribution < 1.29 is 0 Å². The van der Waals surface area contributed by atoms with Gasteiger partial charge in [-0.15, -0.1) is 0 Å². The zero-order valence-electron chi connectivity index (χ0n) is 42.3. The van der Waals surface area contributed by atoms with Crippen LogP contribution in [0.25, 0.3) is 121 Å². The van der Waals surface area contributed by atoms with Gasteiger partial charge in [0.2, 0.25) is 0 Å². The molecule has 0 saturated heterocycles. The highest BCUT2D eigenvalue weighted by Crippen LogP contribution is 2.52. The van der Waals surface area contributed by atoms with Gasteiger partial charge in [-0.05, 0) is 166 Å². The van der Waals surface area contributed by atoms with Crippen LogP contribution in [0.15, 0.2) is 280 Å². The van der Waals surface area contributed by atoms with Crippen molar-refractivity contribution in [2.45, 2.75) is 0 Å². The number of nitrogens with zero attached hydrogens (tertiary/aromatic N) is 4. The van der Waals surface area contributed by atoms with E-state index >= 15 is 0 Å². The molecule has 12 aromatic carbocycles. The lowest BCUT2D eigenvalue weighted by Crippen LogP contribution is -2.10. The molecule has 14 aromatic rings. The summed E-state index contributed by atoms with van der Waals surface area (Å²) in [5.74, 6) is 0. The summed E-state index contributed by atoms with van der Waals surface area (Å²) < 4.78 is 0. The fourth-order valence-corrected chi connectivity index (χ4v) is 12.8. The fourth-order valence-electron chi connectivity index (χ4n) is 12.8. The molecule has 78 heavy (non-hydrogen) atoms. The van der Waals surface area contributed by atoms with E-state index in [0.717, 1.165) is 61.2 Å². The molecule has 0 unspecified atom stereocenters. The summed E-state index contributed by atoms with van der Waals surface area (Å²) in [6.45, 7) is 0. The van der Waals surface area contributed by atoms with E-state index in [1.165, 1.54) is 93.9 Å². The third-order valence-electron chi connectivity index (χ3n) is 16.3. The van der Waals surface area contributed by atoms with Gasteiger partial charge in [0, 0.05) is 62.9 Å². The third kappa shape index (κ3) is 6.87. The standard InChI is InChI=1S/C74H46N4/c1-2-15-53(16-3-1)77(72-46-76-45-51-12-4-5-18-59(51)72)54-31-26-47(27-32-54)58-37-39-69-63-35-30-50(43-70(63)67-24-11-22-65(58)74(67)69)49-13-8-17-56(42-49)78(71-25-9-14-52-44-75-41-40-60(52)71)55-33-28-48(29-34-55)57-36-38-68-62-20-7-6-19-61(62)66-23-10-21-64(57)73(66)68/h1-46H. The zero-order valence-corrected chi connectivity index (χ0v) is 42.3. The Balaban J connectivity index is 0.753. The summed E-state index contributed by atoms with van der Waals surface area (Å²) in [6.07, 6.45) is 7.76. The molecule has 0 fully saturated rings. The Labute approximate surface area is 452 Å². The molecule has 0 N–H and O–H groups in total. The monoisotopic (exact) mass is 990 g/mol. The van der Waals surface area contributed by atoms with Gasteiger partial charge in [-0.25, -0.2) is 0 Å². The van der Waals surface area contributed by atoms with Gasteiger partial charge in [-0.1, -0.05) is 188 Å². The first kappa shape index (κ1) is 43.9. The van der Waals surface area contributed by atoms with Crippen molar-refractivity contribution in [1.82, 2.24) is 9.97 Å². The van der Waals surface area contributed by atoms with E-state index in [4.69, 9.17) is 0 Å². The van der Waals surface area contributed by atoms with Gasteiger partial charge in [0.15, 0.2) is 0 Å². The van der Waals surface area contributed by atoms with E-state index in [2.05, 4.69) is 275 Å². The summed E-state index contributed by atoms with van der Waals surface area (Å²) in [6, 6.07) is 93.4. The topological polar surface area (TPSA) is 32.3 Å². The van der Waals surface area contributed by atoms with Crippen molar-refractivity contribution in [3.05, 3.63) is 280 Å². The molecule has 0 radical (unpaired) electrons. The Morgan fingerprint density at radius 3 is 1.38 bits per heavy atom. The zero-order chi connectivity index (χ0) is 51.3. The van der Waals surface area contributed by atoms with E-state index in [-0.39, 0.29) is 0 Å². The molecular formula is C74H46N4. The summed E-state index contributed by atoms with van der Waals surface area (Å²) in [4.78, 5) is 13.9. The van der Waals surface area contributed by atoms with E-state index in [1.54, 1.807) is 0 Å². The molecule has 2 heterocycles. The lowest BCUT2D eigenvalue weighted by atomic mass is 9.94. The molecule has 2 aromatic heterocycles. The molecule has 362 valence electrons. The number of rotatable bonds is 9. The summed E-state index contributed by atoms with van der Waals surface area (Å²) in [5, 5.41) is 9.67. The molecular weight excluding hydrogens is 945 g/mol. The number of benzene rings is 12. The van der Waals surface area contributed by atoms with Crippen molar-refractivity contribution in [2.75, 3.05) is 9.80 Å². The normalized spacial score (nSPS) is 11.8. The summed E-state index contributed by atoms with van der Waals surface area (Å²) in [5.41, 5.74) is 23.9. The number of fused-ring (bicyclic) bond motifs is 8. The summed E-state index contributed by atoms with van der Waals surface area (Å²) in [7, 11) is 0. The van der Waals surface area contributed by atoms with E-state index in [1.807, 2.05) is 24.8 Å². The van der Waals surface area contributed by atoms with Crippen molar-refractivity contribution in [3.8, 4) is 77.9 Å². The number of aromatic nitrogens is 2. The molecule has 0 atom stereocenters. The molecule has 0 amide bonds. The first-order valence-electron chi connectivity index (χ1n) is 26.7. The average Bonchev–Trinajstić information content (AvgIpc) is 4.22. The lowest BCUT2D eigenvalue weighted by Gasteiger charge is -2.27. The average molecular weight is 991 g/mol. The predicted octanol–water partition coefficient (Wildman–Crippen LogP) is 20.3. The Morgan fingerprint density at radius 1 is 0.231 bits per heavy atom. The SMILES string of the molecule is c1ccc(N(c2ccc(-c3ccc4c5c(cccc35)-c3cc(-c5cccc(N(c6ccc(-c7ccc8c9c(cccc79)-c7ccccc7-8)cc6)c6cccc7cnccc67)c5)ccc3-4)cc2)c2cncc3ccccc23)cc1. The van der Waals surface area contributed by atoms with E-state index < -0.39 is 0 Å². The van der Waals surface area contributed by atoms with Gasteiger partial charge >= 0.3 is 0 Å². The van der Waals surface area contributed by atoms with Crippen LogP contribution in [0.2, 0.25) is 0 Å². The largest absolute Gasteiger partial charge is 0.310 e. The van der Waals surface area contributed by atoms with Gasteiger partial charge in [-0.2, -0.15) is 0 Å². The minimum absolute atomic E-state index is 1.04. The first-order chi connectivity index (χ1) is 38.7. The van der Waals surface area contributed by atoms with Crippen LogP contribution in [-0.4, -0.2) is 9.97 Å². The maximum Gasteiger partial charge on any atom is 0.0723 e. The van der Waals surface area contributed by atoms with Gasteiger partial charge in [0.25, 0.3) is 0 Å². The van der Waals surface area contributed by atoms with Crippen LogP contribution < -0.4 is 9.80 Å². The fraction of sp³-hybridized carbons (Fsp3) is 0. The van der Waals surface area contributed by atoms with Gasteiger partial charge < -0.3 is 9.80 Å². The second-order valence-corrected chi connectivity index (χ2v) is 20.5. The van der Waals surface area contributed by atoms with Crippen LogP contribution in [0.1, 0.15) is 0 Å². The Kier molecular flexibility index (Phi) is 9.91. The highest BCUT2D eigenvalue weighted by atomic mass is 15.2. The second kappa shape index (κ2) is 17.6. The van der Waals surface area contributed by atoms with Crippen LogP contribution in [0.3, 0.4) is 0 Å². The van der Waals surface area contributed by atoms with Crippen molar-refractivity contribution in [3.63, 3.8) is 0 Å². The van der Waals surface area contributed by atoms with Crippen LogP contribution >= 0.6 is 0 Å². The van der Waals surface area contributed by atoms with Gasteiger partial charge in [0.1, 0.15) is 0 Å². The maximum absolute atomic E-state index is 4.67. The third-order valence-corrected chi connectivity index (χ3v) is 16.3.